The van der Waals surface area contributed by atoms with Crippen molar-refractivity contribution < 1.29 is 9.53 Å². The van der Waals surface area contributed by atoms with E-state index < -0.39 is 0 Å². The van der Waals surface area contributed by atoms with Gasteiger partial charge in [0.2, 0.25) is 5.91 Å². The minimum Gasteiger partial charge on any atom is -0.379 e. The summed E-state index contributed by atoms with van der Waals surface area (Å²) in [6, 6.07) is 9.86. The number of amides is 1. The van der Waals surface area contributed by atoms with Gasteiger partial charge in [-0.3, -0.25) is 14.7 Å². The second-order valence-electron chi connectivity index (χ2n) is 7.15. The van der Waals surface area contributed by atoms with Gasteiger partial charge in [0.25, 0.3) is 0 Å². The van der Waals surface area contributed by atoms with Crippen molar-refractivity contribution in [1.29, 1.82) is 0 Å². The van der Waals surface area contributed by atoms with Crippen LogP contribution in [0.15, 0.2) is 35.3 Å². The molecule has 1 amide bonds. The van der Waals surface area contributed by atoms with Crippen LogP contribution in [0.1, 0.15) is 20.3 Å². The number of morpholine rings is 1. The molecule has 1 atom stereocenters. The topological polar surface area (TPSA) is 78.0 Å². The zero-order valence-electron chi connectivity index (χ0n) is 17.1. The second kappa shape index (κ2) is 13.7. The summed E-state index contributed by atoms with van der Waals surface area (Å²) in [5.41, 5.74) is 0.788. The van der Waals surface area contributed by atoms with Crippen LogP contribution in [0.25, 0.3) is 0 Å². The van der Waals surface area contributed by atoms with Crippen LogP contribution in [-0.2, 0) is 9.53 Å². The highest BCUT2D eigenvalue weighted by molar-refractivity contribution is 14.0. The van der Waals surface area contributed by atoms with Crippen molar-refractivity contribution in [2.24, 2.45) is 10.9 Å². The van der Waals surface area contributed by atoms with Crippen molar-refractivity contribution in [3.63, 3.8) is 0 Å². The predicted octanol–water partition coefficient (Wildman–Crippen LogP) is 2.15. The molecule has 158 valence electrons. The number of nitrogens with one attached hydrogen (secondary N) is 3. The van der Waals surface area contributed by atoms with Gasteiger partial charge in [0.05, 0.1) is 19.8 Å². The Bertz CT molecular complexity index is 592. The summed E-state index contributed by atoms with van der Waals surface area (Å²) in [5.74, 6) is 1.16. The number of rotatable bonds is 8. The third-order valence-corrected chi connectivity index (χ3v) is 4.51. The number of anilines is 1. The fourth-order valence-corrected chi connectivity index (χ4v) is 3.17. The summed E-state index contributed by atoms with van der Waals surface area (Å²) in [6.07, 6.45) is 1.11. The van der Waals surface area contributed by atoms with E-state index in [4.69, 9.17) is 4.74 Å². The molecular weight excluding hydrogens is 469 g/mol. The van der Waals surface area contributed by atoms with Crippen LogP contribution >= 0.6 is 24.0 Å². The number of hydrogen-bond donors (Lipinski definition) is 3. The van der Waals surface area contributed by atoms with E-state index >= 15 is 0 Å². The molecule has 2 rings (SSSR count). The first-order valence-electron chi connectivity index (χ1n) is 9.69. The summed E-state index contributed by atoms with van der Waals surface area (Å²) in [4.78, 5) is 18.8. The van der Waals surface area contributed by atoms with Gasteiger partial charge in [0.1, 0.15) is 0 Å². The Morgan fingerprint density at radius 3 is 2.46 bits per heavy atom. The van der Waals surface area contributed by atoms with Crippen molar-refractivity contribution in [2.45, 2.75) is 26.3 Å². The Hall–Kier alpha value is -1.39. The lowest BCUT2D eigenvalue weighted by Gasteiger charge is -2.35. The molecule has 0 bridgehead atoms. The summed E-state index contributed by atoms with van der Waals surface area (Å²) < 4.78 is 5.47. The Labute approximate surface area is 185 Å². The molecule has 1 saturated heterocycles. The molecular formula is C20H34IN5O2. The summed E-state index contributed by atoms with van der Waals surface area (Å²) >= 11 is 0. The lowest BCUT2D eigenvalue weighted by molar-refractivity contribution is -0.115. The number of guanidine groups is 1. The van der Waals surface area contributed by atoms with Crippen molar-refractivity contribution in [3.8, 4) is 0 Å². The smallest absolute Gasteiger partial charge is 0.243 e. The highest BCUT2D eigenvalue weighted by Crippen LogP contribution is 2.13. The lowest BCUT2D eigenvalue weighted by atomic mass is 10.0. The van der Waals surface area contributed by atoms with Crippen LogP contribution in [0.5, 0.6) is 0 Å². The van der Waals surface area contributed by atoms with E-state index in [0.29, 0.717) is 17.9 Å². The summed E-state index contributed by atoms with van der Waals surface area (Å²) in [6.45, 7) is 8.96. The zero-order chi connectivity index (χ0) is 19.5. The van der Waals surface area contributed by atoms with E-state index in [1.165, 1.54) is 0 Å². The Morgan fingerprint density at radius 2 is 1.86 bits per heavy atom. The quantitative estimate of drug-likeness (QED) is 0.288. The number of aliphatic imine (C=N–C) groups is 1. The molecule has 1 heterocycles. The first kappa shape index (κ1) is 24.6. The number of benzene rings is 1. The van der Waals surface area contributed by atoms with Crippen LogP contribution in [-0.4, -0.2) is 69.2 Å². The van der Waals surface area contributed by atoms with E-state index in [-0.39, 0.29) is 36.4 Å². The lowest BCUT2D eigenvalue weighted by Crippen LogP contribution is -2.51. The Balaban J connectivity index is 0.00000392. The maximum Gasteiger partial charge on any atom is 0.243 e. The number of para-hydroxylation sites is 1. The van der Waals surface area contributed by atoms with Gasteiger partial charge in [-0.25, -0.2) is 0 Å². The standard InChI is InChI=1S/C20H33N5O2.HI/c1-16(2)13-18(25-9-11-27-12-10-25)14-22-20(21-3)23-15-19(26)24-17-7-5-4-6-8-17;/h4-8,16,18H,9-15H2,1-3H3,(H,24,26)(H2,21,22,23);1H. The minimum absolute atomic E-state index is 0. The fraction of sp³-hybridized carbons (Fsp3) is 0.600. The van der Waals surface area contributed by atoms with Gasteiger partial charge in [-0.2, -0.15) is 0 Å². The molecule has 0 spiro atoms. The molecule has 1 fully saturated rings. The number of carbonyl (C=O) groups is 1. The third kappa shape index (κ3) is 9.20. The number of halogens is 1. The summed E-state index contributed by atoms with van der Waals surface area (Å²) in [5, 5.41) is 9.31. The molecule has 1 aromatic carbocycles. The van der Waals surface area contributed by atoms with Gasteiger partial charge in [0, 0.05) is 38.4 Å². The van der Waals surface area contributed by atoms with Crippen LogP contribution < -0.4 is 16.0 Å². The predicted molar refractivity (Wildman–Crippen MR) is 125 cm³/mol. The SMILES string of the molecule is CN=C(NCC(=O)Nc1ccccc1)NCC(CC(C)C)N1CCOCC1.I. The molecule has 28 heavy (non-hydrogen) atoms. The van der Waals surface area contributed by atoms with Crippen molar-refractivity contribution >= 4 is 41.5 Å². The Kier molecular flexibility index (Phi) is 12.1. The normalized spacial score (nSPS) is 16.2. The third-order valence-electron chi connectivity index (χ3n) is 4.51. The van der Waals surface area contributed by atoms with Crippen LogP contribution in [0.3, 0.4) is 0 Å². The molecule has 1 unspecified atom stereocenters. The van der Waals surface area contributed by atoms with Gasteiger partial charge in [-0.1, -0.05) is 32.0 Å². The van der Waals surface area contributed by atoms with Crippen LogP contribution in [0.4, 0.5) is 5.69 Å². The molecule has 0 saturated carbocycles. The fourth-order valence-electron chi connectivity index (χ4n) is 3.17. The van der Waals surface area contributed by atoms with E-state index in [1.54, 1.807) is 7.05 Å². The van der Waals surface area contributed by atoms with Crippen molar-refractivity contribution in [1.82, 2.24) is 15.5 Å². The van der Waals surface area contributed by atoms with E-state index in [9.17, 15) is 4.79 Å². The number of nitrogens with zero attached hydrogens (tertiary/aromatic N) is 2. The van der Waals surface area contributed by atoms with Gasteiger partial charge < -0.3 is 20.7 Å². The van der Waals surface area contributed by atoms with Gasteiger partial charge in [-0.15, -0.1) is 24.0 Å². The highest BCUT2D eigenvalue weighted by atomic mass is 127. The van der Waals surface area contributed by atoms with Crippen LogP contribution in [0, 0.1) is 5.92 Å². The zero-order valence-corrected chi connectivity index (χ0v) is 19.4. The van der Waals surface area contributed by atoms with E-state index in [2.05, 4.69) is 39.7 Å². The molecule has 8 heteroatoms. The highest BCUT2D eigenvalue weighted by Gasteiger charge is 2.22. The molecule has 1 aromatic rings. The molecule has 1 aliphatic rings. The average Bonchev–Trinajstić information content (AvgIpc) is 2.68. The largest absolute Gasteiger partial charge is 0.379 e. The van der Waals surface area contributed by atoms with Gasteiger partial charge in [-0.05, 0) is 24.5 Å². The second-order valence-corrected chi connectivity index (χ2v) is 7.15. The monoisotopic (exact) mass is 503 g/mol. The van der Waals surface area contributed by atoms with E-state index in [0.717, 1.165) is 45.0 Å². The van der Waals surface area contributed by atoms with Gasteiger partial charge in [0.15, 0.2) is 5.96 Å². The molecule has 1 aliphatic heterocycles. The number of carbonyl (C=O) groups excluding carboxylic acids is 1. The maximum atomic E-state index is 12.1. The summed E-state index contributed by atoms with van der Waals surface area (Å²) in [7, 11) is 1.72. The first-order valence-corrected chi connectivity index (χ1v) is 9.69. The van der Waals surface area contributed by atoms with Gasteiger partial charge >= 0.3 is 0 Å². The van der Waals surface area contributed by atoms with Crippen molar-refractivity contribution in [2.75, 3.05) is 51.8 Å². The van der Waals surface area contributed by atoms with E-state index in [1.807, 2.05) is 30.3 Å². The molecule has 3 N–H and O–H groups in total. The molecule has 0 aliphatic carbocycles. The maximum absolute atomic E-state index is 12.1. The molecule has 0 radical (unpaired) electrons. The number of hydrogen-bond acceptors (Lipinski definition) is 4. The molecule has 0 aromatic heterocycles. The minimum atomic E-state index is -0.101. The number of ether oxygens (including phenoxy) is 1. The van der Waals surface area contributed by atoms with Crippen molar-refractivity contribution in [3.05, 3.63) is 30.3 Å². The van der Waals surface area contributed by atoms with Crippen LogP contribution in [0.2, 0.25) is 0 Å². The Morgan fingerprint density at radius 1 is 1.18 bits per heavy atom. The first-order chi connectivity index (χ1) is 13.1. The average molecular weight is 503 g/mol. The molecule has 7 nitrogen and oxygen atoms in total.